The van der Waals surface area contributed by atoms with E-state index < -0.39 is 0 Å². The molecule has 0 fully saturated rings. The van der Waals surface area contributed by atoms with Gasteiger partial charge in [0.2, 0.25) is 0 Å². The molecule has 3 nitrogen and oxygen atoms in total. The van der Waals surface area contributed by atoms with Crippen LogP contribution in [0.5, 0.6) is 5.75 Å². The fourth-order valence-corrected chi connectivity index (χ4v) is 1.43. The number of hydrogen-bond donors (Lipinski definition) is 3. The van der Waals surface area contributed by atoms with Crippen LogP contribution in [0, 0.1) is 0 Å². The van der Waals surface area contributed by atoms with Crippen LogP contribution >= 0.6 is 0 Å². The third-order valence-electron chi connectivity index (χ3n) is 2.26. The number of phenols is 1. The molecule has 0 radical (unpaired) electrons. The summed E-state index contributed by atoms with van der Waals surface area (Å²) in [5, 5.41) is 12.4. The van der Waals surface area contributed by atoms with Gasteiger partial charge < -0.3 is 15.4 Å². The van der Waals surface area contributed by atoms with Crippen molar-refractivity contribution in [1.82, 2.24) is 10.3 Å². The Hall–Kier alpha value is -1.74. The van der Waals surface area contributed by atoms with Crippen molar-refractivity contribution < 1.29 is 5.11 Å². The van der Waals surface area contributed by atoms with Crippen LogP contribution in [-0.4, -0.2) is 10.1 Å². The largest absolute Gasteiger partial charge is 0.508 e. The molecule has 78 valence electrons. The zero-order chi connectivity index (χ0) is 10.5. The normalized spacial score (nSPS) is 10.4. The number of nitrogens with one attached hydrogen (secondary N) is 2. The van der Waals surface area contributed by atoms with E-state index in [1.54, 1.807) is 12.1 Å². The number of aromatic hydroxyl groups is 1. The highest BCUT2D eigenvalue weighted by Crippen LogP contribution is 2.09. The molecule has 1 heterocycles. The van der Waals surface area contributed by atoms with Crippen molar-refractivity contribution in [1.29, 1.82) is 0 Å². The Morgan fingerprint density at radius 2 is 1.73 bits per heavy atom. The zero-order valence-electron chi connectivity index (χ0n) is 8.40. The maximum Gasteiger partial charge on any atom is 0.115 e. The van der Waals surface area contributed by atoms with Gasteiger partial charge in [-0.3, -0.25) is 0 Å². The van der Waals surface area contributed by atoms with Crippen molar-refractivity contribution in [2.24, 2.45) is 0 Å². The van der Waals surface area contributed by atoms with Gasteiger partial charge >= 0.3 is 0 Å². The van der Waals surface area contributed by atoms with E-state index in [2.05, 4.69) is 10.3 Å². The van der Waals surface area contributed by atoms with Gasteiger partial charge in [-0.15, -0.1) is 0 Å². The smallest absolute Gasteiger partial charge is 0.115 e. The van der Waals surface area contributed by atoms with Crippen LogP contribution in [0.2, 0.25) is 0 Å². The van der Waals surface area contributed by atoms with Crippen molar-refractivity contribution in [2.75, 3.05) is 0 Å². The summed E-state index contributed by atoms with van der Waals surface area (Å²) in [5.74, 6) is 0.310. The highest BCUT2D eigenvalue weighted by atomic mass is 16.3. The monoisotopic (exact) mass is 202 g/mol. The van der Waals surface area contributed by atoms with Crippen LogP contribution in [0.3, 0.4) is 0 Å². The van der Waals surface area contributed by atoms with Crippen LogP contribution in [0.25, 0.3) is 0 Å². The molecule has 0 spiro atoms. The second kappa shape index (κ2) is 4.66. The Balaban J connectivity index is 1.81. The molecule has 1 aromatic carbocycles. The van der Waals surface area contributed by atoms with Gasteiger partial charge in [0.25, 0.3) is 0 Å². The quantitative estimate of drug-likeness (QED) is 0.710. The molecule has 3 N–H and O–H groups in total. The summed E-state index contributed by atoms with van der Waals surface area (Å²) in [4.78, 5) is 3.01. The first-order chi connectivity index (χ1) is 7.34. The molecule has 0 saturated carbocycles. The number of aromatic nitrogens is 1. The summed E-state index contributed by atoms with van der Waals surface area (Å²) in [7, 11) is 0. The molecule has 0 unspecified atom stereocenters. The van der Waals surface area contributed by atoms with Gasteiger partial charge in [-0.2, -0.15) is 0 Å². The van der Waals surface area contributed by atoms with E-state index in [1.807, 2.05) is 30.6 Å². The molecule has 15 heavy (non-hydrogen) atoms. The van der Waals surface area contributed by atoms with E-state index in [9.17, 15) is 0 Å². The molecule has 2 aromatic rings. The van der Waals surface area contributed by atoms with Gasteiger partial charge in [0.15, 0.2) is 0 Å². The standard InChI is InChI=1S/C12H14N2O/c15-12-3-1-10(2-4-12)7-14-9-11-5-6-13-8-11/h1-6,8,13-15H,7,9H2. The van der Waals surface area contributed by atoms with Crippen molar-refractivity contribution in [3.05, 3.63) is 53.9 Å². The van der Waals surface area contributed by atoms with E-state index >= 15 is 0 Å². The summed E-state index contributed by atoms with van der Waals surface area (Å²) >= 11 is 0. The molecule has 1 aromatic heterocycles. The Bertz CT molecular complexity index is 392. The second-order valence-corrected chi connectivity index (χ2v) is 3.49. The van der Waals surface area contributed by atoms with Gasteiger partial charge in [-0.1, -0.05) is 12.1 Å². The Morgan fingerprint density at radius 1 is 1.00 bits per heavy atom. The maximum absolute atomic E-state index is 9.11. The van der Waals surface area contributed by atoms with Crippen LogP contribution in [0.1, 0.15) is 11.1 Å². The van der Waals surface area contributed by atoms with Crippen LogP contribution in [-0.2, 0) is 13.1 Å². The molecule has 0 amide bonds. The number of rotatable bonds is 4. The highest BCUT2D eigenvalue weighted by molar-refractivity contribution is 5.25. The first-order valence-corrected chi connectivity index (χ1v) is 4.95. The predicted molar refractivity (Wildman–Crippen MR) is 59.4 cm³/mol. The lowest BCUT2D eigenvalue weighted by atomic mass is 10.2. The summed E-state index contributed by atoms with van der Waals surface area (Å²) in [5.41, 5.74) is 2.41. The fourth-order valence-electron chi connectivity index (χ4n) is 1.43. The van der Waals surface area contributed by atoms with Gasteiger partial charge in [0, 0.05) is 25.5 Å². The topological polar surface area (TPSA) is 48.0 Å². The predicted octanol–water partition coefficient (Wildman–Crippen LogP) is 2.01. The minimum atomic E-state index is 0.310. The lowest BCUT2D eigenvalue weighted by Crippen LogP contribution is -2.11. The van der Waals surface area contributed by atoms with Crippen molar-refractivity contribution >= 4 is 0 Å². The minimum absolute atomic E-state index is 0.310. The van der Waals surface area contributed by atoms with Crippen LogP contribution in [0.15, 0.2) is 42.7 Å². The average molecular weight is 202 g/mol. The molecular formula is C12H14N2O. The lowest BCUT2D eigenvalue weighted by molar-refractivity contribution is 0.475. The Morgan fingerprint density at radius 3 is 2.40 bits per heavy atom. The highest BCUT2D eigenvalue weighted by Gasteiger charge is 1.94. The van der Waals surface area contributed by atoms with E-state index in [0.717, 1.165) is 13.1 Å². The molecule has 0 bridgehead atoms. The maximum atomic E-state index is 9.11. The number of hydrogen-bond acceptors (Lipinski definition) is 2. The molecular weight excluding hydrogens is 188 g/mol. The van der Waals surface area contributed by atoms with E-state index in [4.69, 9.17) is 5.11 Å². The van der Waals surface area contributed by atoms with E-state index in [1.165, 1.54) is 11.1 Å². The average Bonchev–Trinajstić information content (AvgIpc) is 2.74. The summed E-state index contributed by atoms with van der Waals surface area (Å²) < 4.78 is 0. The molecule has 2 rings (SSSR count). The van der Waals surface area contributed by atoms with Crippen molar-refractivity contribution in [3.63, 3.8) is 0 Å². The molecule has 0 aliphatic rings. The summed E-state index contributed by atoms with van der Waals surface area (Å²) in [6.07, 6.45) is 3.89. The second-order valence-electron chi connectivity index (χ2n) is 3.49. The molecule has 0 atom stereocenters. The number of H-pyrrole nitrogens is 1. The zero-order valence-corrected chi connectivity index (χ0v) is 8.40. The first kappa shape index (κ1) is 9.80. The van der Waals surface area contributed by atoms with Crippen molar-refractivity contribution in [3.8, 4) is 5.75 Å². The molecule has 0 aliphatic carbocycles. The molecule has 0 aliphatic heterocycles. The van der Waals surface area contributed by atoms with Gasteiger partial charge in [0.1, 0.15) is 5.75 Å². The van der Waals surface area contributed by atoms with Gasteiger partial charge in [-0.25, -0.2) is 0 Å². The Labute approximate surface area is 88.8 Å². The van der Waals surface area contributed by atoms with E-state index in [0.29, 0.717) is 5.75 Å². The van der Waals surface area contributed by atoms with Crippen LogP contribution < -0.4 is 5.32 Å². The summed E-state index contributed by atoms with van der Waals surface area (Å²) in [6, 6.07) is 9.28. The van der Waals surface area contributed by atoms with Crippen LogP contribution in [0.4, 0.5) is 0 Å². The third-order valence-corrected chi connectivity index (χ3v) is 2.26. The first-order valence-electron chi connectivity index (χ1n) is 4.95. The molecule has 0 saturated heterocycles. The number of benzene rings is 1. The summed E-state index contributed by atoms with van der Waals surface area (Å²) in [6.45, 7) is 1.66. The number of phenolic OH excluding ortho intramolecular Hbond substituents is 1. The minimum Gasteiger partial charge on any atom is -0.508 e. The van der Waals surface area contributed by atoms with Gasteiger partial charge in [0.05, 0.1) is 0 Å². The SMILES string of the molecule is Oc1ccc(CNCc2cc[nH]c2)cc1. The lowest BCUT2D eigenvalue weighted by Gasteiger charge is -2.03. The number of aromatic amines is 1. The third kappa shape index (κ3) is 2.86. The van der Waals surface area contributed by atoms with Crippen molar-refractivity contribution in [2.45, 2.75) is 13.1 Å². The fraction of sp³-hybridized carbons (Fsp3) is 0.167. The Kier molecular flexibility index (Phi) is 3.05. The molecule has 3 heteroatoms. The van der Waals surface area contributed by atoms with Gasteiger partial charge in [-0.05, 0) is 29.3 Å². The van der Waals surface area contributed by atoms with E-state index in [-0.39, 0.29) is 0 Å².